The first-order valence-electron chi connectivity index (χ1n) is 9.72. The molecular formula is C26H31Cl2PZr. The number of hydrogen-bond donors (Lipinski definition) is 0. The maximum Gasteiger partial charge on any atom is 4.00 e. The van der Waals surface area contributed by atoms with Crippen LogP contribution in [0.15, 0.2) is 78.9 Å². The van der Waals surface area contributed by atoms with Crippen molar-refractivity contribution in [1.29, 1.82) is 0 Å². The molecule has 0 aliphatic carbocycles. The number of halogens is 2. The predicted octanol–water partition coefficient (Wildman–Crippen LogP) is 1.83. The van der Waals surface area contributed by atoms with Crippen molar-refractivity contribution < 1.29 is 51.0 Å². The molecule has 4 rings (SSSR count). The van der Waals surface area contributed by atoms with Crippen molar-refractivity contribution in [3.05, 3.63) is 78.9 Å². The number of benzene rings is 2. The van der Waals surface area contributed by atoms with E-state index in [-0.39, 0.29) is 58.9 Å². The molecule has 0 spiro atoms. The van der Waals surface area contributed by atoms with E-state index >= 15 is 0 Å². The summed E-state index contributed by atoms with van der Waals surface area (Å²) >= 11 is 0. The van der Waals surface area contributed by atoms with E-state index in [4.69, 9.17) is 0 Å². The summed E-state index contributed by atoms with van der Waals surface area (Å²) in [5.41, 5.74) is 0. The van der Waals surface area contributed by atoms with Crippen molar-refractivity contribution >= 4 is 34.8 Å². The molecule has 0 aliphatic heterocycles. The minimum absolute atomic E-state index is 0. The van der Waals surface area contributed by atoms with Crippen molar-refractivity contribution in [3.8, 4) is 0 Å². The second-order valence-electron chi connectivity index (χ2n) is 9.17. The molecule has 0 aromatic heterocycles. The molecule has 4 aromatic carbocycles. The summed E-state index contributed by atoms with van der Waals surface area (Å²) in [4.78, 5) is 0. The molecule has 0 amide bonds. The maximum absolute atomic E-state index is 2.40. The van der Waals surface area contributed by atoms with Gasteiger partial charge in [0.1, 0.15) is 0 Å². The summed E-state index contributed by atoms with van der Waals surface area (Å²) in [6.45, 7) is 14.3. The summed E-state index contributed by atoms with van der Waals surface area (Å²) < 4.78 is 0. The summed E-state index contributed by atoms with van der Waals surface area (Å²) in [5.74, 6) is 0. The van der Waals surface area contributed by atoms with Gasteiger partial charge in [-0.25, -0.2) is 0 Å². The van der Waals surface area contributed by atoms with Crippen LogP contribution in [0.1, 0.15) is 41.5 Å². The van der Waals surface area contributed by atoms with Gasteiger partial charge in [0.15, 0.2) is 0 Å². The molecule has 0 aliphatic rings. The largest absolute Gasteiger partial charge is 4.00 e. The zero-order valence-electron chi connectivity index (χ0n) is 18.7. The fraction of sp³-hybridized carbons (Fsp3) is 0.308. The first-order valence-corrected chi connectivity index (χ1v) is 11.1. The van der Waals surface area contributed by atoms with Crippen LogP contribution < -0.4 is 30.1 Å². The number of hydrogen-bond acceptors (Lipinski definition) is 0. The summed E-state index contributed by atoms with van der Waals surface area (Å²) in [6, 6.07) is 28.2. The second-order valence-corrected chi connectivity index (χ2v) is 13.0. The third kappa shape index (κ3) is 7.31. The Morgan fingerprint density at radius 2 is 1.17 bits per heavy atom. The van der Waals surface area contributed by atoms with Gasteiger partial charge in [0.2, 0.25) is 0 Å². The molecule has 0 saturated heterocycles. The van der Waals surface area contributed by atoms with E-state index in [0.717, 1.165) is 0 Å². The van der Waals surface area contributed by atoms with Gasteiger partial charge < -0.3 is 24.8 Å². The Bertz CT molecular complexity index is 941. The van der Waals surface area contributed by atoms with Crippen molar-refractivity contribution in [3.63, 3.8) is 0 Å². The molecule has 0 bridgehead atoms. The molecule has 0 saturated carbocycles. The molecule has 0 unspecified atom stereocenters. The van der Waals surface area contributed by atoms with E-state index in [1.54, 1.807) is 5.30 Å². The third-order valence-electron chi connectivity index (χ3n) is 4.75. The molecule has 158 valence electrons. The third-order valence-corrected chi connectivity index (χ3v) is 8.21. The van der Waals surface area contributed by atoms with E-state index in [9.17, 15) is 0 Å². The Kier molecular flexibility index (Phi) is 11.8. The van der Waals surface area contributed by atoms with Crippen molar-refractivity contribution in [1.82, 2.24) is 0 Å². The van der Waals surface area contributed by atoms with Crippen molar-refractivity contribution in [2.45, 2.75) is 51.9 Å². The van der Waals surface area contributed by atoms with E-state index in [2.05, 4.69) is 120 Å². The van der Waals surface area contributed by atoms with Crippen LogP contribution in [0.25, 0.3) is 21.5 Å². The first kappa shape index (κ1) is 29.6. The average molecular weight is 537 g/mol. The molecule has 0 N–H and O–H groups in total. The predicted molar refractivity (Wildman–Crippen MR) is 125 cm³/mol. The molecule has 0 radical (unpaired) electrons. The van der Waals surface area contributed by atoms with Crippen LogP contribution in [0, 0.1) is 0 Å². The Hall–Kier alpha value is -0.447. The monoisotopic (exact) mass is 534 g/mol. The van der Waals surface area contributed by atoms with Gasteiger partial charge in [-0.2, -0.15) is 23.6 Å². The first-order chi connectivity index (χ1) is 12.7. The van der Waals surface area contributed by atoms with Gasteiger partial charge in [-0.05, 0) is 10.3 Å². The van der Waals surface area contributed by atoms with Crippen LogP contribution in [-0.4, -0.2) is 10.3 Å². The fourth-order valence-electron chi connectivity index (χ4n) is 4.11. The Morgan fingerprint density at radius 1 is 0.667 bits per heavy atom. The smallest absolute Gasteiger partial charge is 1.00 e. The minimum Gasteiger partial charge on any atom is -1.00 e. The number of fused-ring (bicyclic) bond motifs is 2. The molecule has 4 heteroatoms. The molecule has 0 atom stereocenters. The Labute approximate surface area is 215 Å². The maximum atomic E-state index is 2.40. The molecule has 0 nitrogen and oxygen atoms in total. The zero-order valence-corrected chi connectivity index (χ0v) is 23.6. The summed E-state index contributed by atoms with van der Waals surface area (Å²) in [5, 5.41) is 7.67. The van der Waals surface area contributed by atoms with Gasteiger partial charge in [-0.15, -0.1) is 70.0 Å². The van der Waals surface area contributed by atoms with Crippen molar-refractivity contribution in [2.24, 2.45) is 0 Å². The van der Waals surface area contributed by atoms with Crippen LogP contribution in [0.2, 0.25) is 0 Å². The van der Waals surface area contributed by atoms with E-state index < -0.39 is 0 Å². The summed E-state index contributed by atoms with van der Waals surface area (Å²) in [6.07, 6.45) is 0. The summed E-state index contributed by atoms with van der Waals surface area (Å²) in [7, 11) is -0.185. The van der Waals surface area contributed by atoms with E-state index in [1.165, 1.54) is 21.5 Å². The van der Waals surface area contributed by atoms with Gasteiger partial charge in [-0.1, -0.05) is 61.6 Å². The van der Waals surface area contributed by atoms with E-state index in [0.29, 0.717) is 10.3 Å². The molecule has 0 fully saturated rings. The van der Waals surface area contributed by atoms with Gasteiger partial charge in [0.05, 0.1) is 0 Å². The van der Waals surface area contributed by atoms with Gasteiger partial charge >= 0.3 is 26.2 Å². The molecule has 4 aromatic rings. The zero-order chi connectivity index (χ0) is 19.7. The second kappa shape index (κ2) is 12.0. The standard InChI is InChI=1S/C17H24P.C9H7.2ClH.Zr/c1-16(2,3)18(17(4,5)6)15-11-13-9-7-8-10-14(13)12-15;1-2-5-9-7-3-6-8(9)4-1;;;/h7-12H,1-6H3;1-7H;2*1H;/q2*-1;;;+4/p-2. The SMILES string of the molecule is CC(C)(C)P(c1cc2ccccc2[cH-]1)C(C)(C)C.[Cl-].[Cl-].[Zr+4].c1ccc2[cH-]ccc2c1. The topological polar surface area (TPSA) is 0 Å². The van der Waals surface area contributed by atoms with Crippen LogP contribution >= 0.6 is 7.92 Å². The van der Waals surface area contributed by atoms with Crippen LogP contribution in [0.4, 0.5) is 0 Å². The van der Waals surface area contributed by atoms with Crippen molar-refractivity contribution in [2.75, 3.05) is 0 Å². The van der Waals surface area contributed by atoms with Crippen LogP contribution in [0.3, 0.4) is 0 Å². The quantitative estimate of drug-likeness (QED) is 0.257. The van der Waals surface area contributed by atoms with E-state index in [1.807, 2.05) is 0 Å². The minimum atomic E-state index is -0.185. The van der Waals surface area contributed by atoms with Gasteiger partial charge in [0, 0.05) is 0 Å². The Morgan fingerprint density at radius 3 is 1.67 bits per heavy atom. The normalized spacial score (nSPS) is 11.2. The fourth-order valence-corrected chi connectivity index (χ4v) is 8.21. The average Bonchev–Trinajstić information content (AvgIpc) is 3.18. The van der Waals surface area contributed by atoms with Crippen LogP contribution in [0.5, 0.6) is 0 Å². The molecule has 30 heavy (non-hydrogen) atoms. The number of rotatable bonds is 1. The van der Waals surface area contributed by atoms with Gasteiger partial charge in [-0.3, -0.25) is 0 Å². The molecule has 0 heterocycles. The molecular weight excluding hydrogens is 505 g/mol. The Balaban J connectivity index is 0.000000597. The van der Waals surface area contributed by atoms with Gasteiger partial charge in [0.25, 0.3) is 0 Å². The van der Waals surface area contributed by atoms with Crippen LogP contribution in [-0.2, 0) is 26.2 Å².